The van der Waals surface area contributed by atoms with Crippen LogP contribution in [-0.4, -0.2) is 22.1 Å². The molecule has 1 aliphatic heterocycles. The maximum absolute atomic E-state index is 12.5. The minimum Gasteiger partial charge on any atom is -0.434 e. The number of alkyl halides is 2. The zero-order valence-electron chi connectivity index (χ0n) is 12.8. The van der Waals surface area contributed by atoms with Gasteiger partial charge < -0.3 is 14.6 Å². The van der Waals surface area contributed by atoms with Gasteiger partial charge in [-0.15, -0.1) is 0 Å². The number of hydrogen-bond donors (Lipinski definition) is 1. The molecule has 1 N–H and O–H groups in total. The number of fused-ring (bicyclic) bond motifs is 1. The molecule has 1 aromatic carbocycles. The highest BCUT2D eigenvalue weighted by molar-refractivity contribution is 6.30. The summed E-state index contributed by atoms with van der Waals surface area (Å²) in [5.74, 6) is 0.583. The van der Waals surface area contributed by atoms with E-state index >= 15 is 0 Å². The van der Waals surface area contributed by atoms with Crippen molar-refractivity contribution in [3.8, 4) is 5.75 Å². The van der Waals surface area contributed by atoms with Crippen molar-refractivity contribution in [2.24, 2.45) is 0 Å². The number of carbonyl (C=O) groups excluding carboxylic acids is 1. The molecular weight excluding hydrogens is 340 g/mol. The van der Waals surface area contributed by atoms with E-state index in [2.05, 4.69) is 15.0 Å². The summed E-state index contributed by atoms with van der Waals surface area (Å²) in [6.45, 7) is -2.15. The van der Waals surface area contributed by atoms with Crippen molar-refractivity contribution >= 4 is 17.5 Å². The molecule has 1 aromatic heterocycles. The first-order valence-corrected chi connectivity index (χ1v) is 7.98. The van der Waals surface area contributed by atoms with E-state index in [-0.39, 0.29) is 18.2 Å². The van der Waals surface area contributed by atoms with Gasteiger partial charge in [-0.3, -0.25) is 4.79 Å². The van der Waals surface area contributed by atoms with Gasteiger partial charge in [0.1, 0.15) is 17.3 Å². The van der Waals surface area contributed by atoms with E-state index in [4.69, 9.17) is 11.6 Å². The lowest BCUT2D eigenvalue weighted by Crippen LogP contribution is -2.27. The number of aromatic nitrogens is 2. The van der Waals surface area contributed by atoms with Gasteiger partial charge in [0.15, 0.2) is 0 Å². The molecule has 0 saturated carbocycles. The highest BCUT2D eigenvalue weighted by Crippen LogP contribution is 2.24. The summed E-state index contributed by atoms with van der Waals surface area (Å²) < 4.78 is 31.3. The van der Waals surface area contributed by atoms with E-state index in [9.17, 15) is 13.6 Å². The van der Waals surface area contributed by atoms with Gasteiger partial charge in [0, 0.05) is 30.1 Å². The monoisotopic (exact) mass is 355 g/mol. The lowest BCUT2D eigenvalue weighted by atomic mass is 10.1. The van der Waals surface area contributed by atoms with E-state index < -0.39 is 6.61 Å². The average molecular weight is 356 g/mol. The lowest BCUT2D eigenvalue weighted by Gasteiger charge is -2.16. The molecule has 0 spiro atoms. The van der Waals surface area contributed by atoms with Crippen LogP contribution in [0.4, 0.5) is 8.78 Å². The second-order valence-electron chi connectivity index (χ2n) is 5.48. The van der Waals surface area contributed by atoms with Crippen molar-refractivity contribution in [1.29, 1.82) is 0 Å². The Morgan fingerprint density at radius 1 is 1.42 bits per heavy atom. The molecule has 128 valence electrons. The van der Waals surface area contributed by atoms with Crippen molar-refractivity contribution in [3.05, 3.63) is 46.5 Å². The van der Waals surface area contributed by atoms with Crippen LogP contribution in [0.5, 0.6) is 5.75 Å². The fraction of sp³-hybridized carbons (Fsp3) is 0.375. The SMILES string of the molecule is O=C(NCc1cc(Cl)ccc1OC(F)F)c1cnc2n1CCCC2. The summed E-state index contributed by atoms with van der Waals surface area (Å²) in [6, 6.07) is 4.31. The van der Waals surface area contributed by atoms with Crippen LogP contribution in [0, 0.1) is 0 Å². The Morgan fingerprint density at radius 3 is 3.04 bits per heavy atom. The summed E-state index contributed by atoms with van der Waals surface area (Å²) in [4.78, 5) is 16.6. The van der Waals surface area contributed by atoms with Crippen LogP contribution < -0.4 is 10.1 Å². The number of amides is 1. The Hall–Kier alpha value is -2.15. The Bertz CT molecular complexity index is 749. The summed E-state index contributed by atoms with van der Waals surface area (Å²) in [5.41, 5.74) is 0.859. The molecule has 8 heteroatoms. The first-order valence-electron chi connectivity index (χ1n) is 7.60. The van der Waals surface area contributed by atoms with Gasteiger partial charge in [0.2, 0.25) is 0 Å². The number of nitrogens with zero attached hydrogens (tertiary/aromatic N) is 2. The van der Waals surface area contributed by atoms with Crippen molar-refractivity contribution in [3.63, 3.8) is 0 Å². The van der Waals surface area contributed by atoms with E-state index in [0.29, 0.717) is 16.3 Å². The largest absolute Gasteiger partial charge is 0.434 e. The Balaban J connectivity index is 1.72. The maximum Gasteiger partial charge on any atom is 0.387 e. The van der Waals surface area contributed by atoms with Crippen molar-refractivity contribution in [2.45, 2.75) is 39.0 Å². The van der Waals surface area contributed by atoms with Gasteiger partial charge in [0.25, 0.3) is 5.91 Å². The van der Waals surface area contributed by atoms with Crippen LogP contribution in [0.1, 0.15) is 34.7 Å². The summed E-state index contributed by atoms with van der Waals surface area (Å²) >= 11 is 5.89. The third-order valence-electron chi connectivity index (χ3n) is 3.88. The number of rotatable bonds is 5. The van der Waals surface area contributed by atoms with E-state index in [1.165, 1.54) is 18.2 Å². The van der Waals surface area contributed by atoms with Gasteiger partial charge in [-0.25, -0.2) is 4.98 Å². The lowest BCUT2D eigenvalue weighted by molar-refractivity contribution is -0.0504. The molecule has 0 aliphatic carbocycles. The number of hydrogen-bond acceptors (Lipinski definition) is 3. The summed E-state index contributed by atoms with van der Waals surface area (Å²) in [7, 11) is 0. The van der Waals surface area contributed by atoms with E-state index in [1.807, 2.05) is 4.57 Å². The number of aryl methyl sites for hydroxylation is 1. The molecule has 24 heavy (non-hydrogen) atoms. The minimum absolute atomic E-state index is 0.00925. The van der Waals surface area contributed by atoms with Gasteiger partial charge in [0.05, 0.1) is 6.20 Å². The number of ether oxygens (including phenoxy) is 1. The predicted octanol–water partition coefficient (Wildman–Crippen LogP) is 3.40. The highest BCUT2D eigenvalue weighted by atomic mass is 35.5. The van der Waals surface area contributed by atoms with Crippen molar-refractivity contribution in [1.82, 2.24) is 14.9 Å². The van der Waals surface area contributed by atoms with E-state index in [0.717, 1.165) is 31.6 Å². The molecule has 0 radical (unpaired) electrons. The Labute approximate surface area is 142 Å². The number of imidazole rings is 1. The third-order valence-corrected chi connectivity index (χ3v) is 4.12. The van der Waals surface area contributed by atoms with Crippen LogP contribution in [0.2, 0.25) is 5.02 Å². The summed E-state index contributed by atoms with van der Waals surface area (Å²) in [5, 5.41) is 3.09. The topological polar surface area (TPSA) is 56.1 Å². The molecule has 1 amide bonds. The predicted molar refractivity (Wildman–Crippen MR) is 84.4 cm³/mol. The number of halogens is 3. The Morgan fingerprint density at radius 2 is 2.25 bits per heavy atom. The third kappa shape index (κ3) is 3.67. The summed E-state index contributed by atoms with van der Waals surface area (Å²) in [6.07, 6.45) is 4.47. The molecule has 3 rings (SSSR count). The molecule has 2 aromatic rings. The van der Waals surface area contributed by atoms with Gasteiger partial charge in [-0.1, -0.05) is 11.6 Å². The quantitative estimate of drug-likeness (QED) is 0.894. The zero-order valence-corrected chi connectivity index (χ0v) is 13.5. The average Bonchev–Trinajstić information content (AvgIpc) is 2.98. The fourth-order valence-electron chi connectivity index (χ4n) is 2.76. The van der Waals surface area contributed by atoms with Gasteiger partial charge >= 0.3 is 6.61 Å². The van der Waals surface area contributed by atoms with Crippen LogP contribution >= 0.6 is 11.6 Å². The Kier molecular flexibility index (Phi) is 4.99. The molecule has 0 fully saturated rings. The normalized spacial score (nSPS) is 13.7. The minimum atomic E-state index is -2.94. The standard InChI is InChI=1S/C16H16ClF2N3O2/c17-11-4-5-13(24-16(18)19)10(7-11)8-21-15(23)12-9-20-14-3-1-2-6-22(12)14/h4-5,7,9,16H,1-3,6,8H2,(H,21,23). The molecule has 5 nitrogen and oxygen atoms in total. The van der Waals surface area contributed by atoms with E-state index in [1.54, 1.807) is 6.20 Å². The molecule has 1 aliphatic rings. The second kappa shape index (κ2) is 7.17. The number of nitrogens with one attached hydrogen (secondary N) is 1. The van der Waals surface area contributed by atoms with Crippen LogP contribution in [0.25, 0.3) is 0 Å². The van der Waals surface area contributed by atoms with Crippen LogP contribution in [0.3, 0.4) is 0 Å². The maximum atomic E-state index is 12.5. The zero-order chi connectivity index (χ0) is 17.1. The fourth-order valence-corrected chi connectivity index (χ4v) is 2.96. The molecule has 0 bridgehead atoms. The molecule has 0 saturated heterocycles. The first kappa shape index (κ1) is 16.7. The van der Waals surface area contributed by atoms with Crippen LogP contribution in [0.15, 0.2) is 24.4 Å². The molecule has 2 heterocycles. The van der Waals surface area contributed by atoms with Crippen molar-refractivity contribution in [2.75, 3.05) is 0 Å². The molecule has 0 atom stereocenters. The van der Waals surface area contributed by atoms with Crippen LogP contribution in [-0.2, 0) is 19.5 Å². The van der Waals surface area contributed by atoms with Crippen molar-refractivity contribution < 1.29 is 18.3 Å². The first-order chi connectivity index (χ1) is 11.5. The smallest absolute Gasteiger partial charge is 0.387 e. The number of carbonyl (C=O) groups is 1. The molecular formula is C16H16ClF2N3O2. The second-order valence-corrected chi connectivity index (χ2v) is 5.92. The van der Waals surface area contributed by atoms with Gasteiger partial charge in [-0.2, -0.15) is 8.78 Å². The highest BCUT2D eigenvalue weighted by Gasteiger charge is 2.19. The molecule has 0 unspecified atom stereocenters. The number of benzene rings is 1. The van der Waals surface area contributed by atoms with Gasteiger partial charge in [-0.05, 0) is 31.0 Å².